The lowest BCUT2D eigenvalue weighted by molar-refractivity contribution is -0.142. The van der Waals surface area contributed by atoms with Crippen LogP contribution in [-0.2, 0) is 14.3 Å². The summed E-state index contributed by atoms with van der Waals surface area (Å²) in [6.45, 7) is 4.36. The molecule has 0 saturated heterocycles. The number of unbranched alkanes of at least 4 members (excludes halogenated alkanes) is 13. The molecule has 2 N–H and O–H groups in total. The quantitative estimate of drug-likeness (QED) is 0.0900. The summed E-state index contributed by atoms with van der Waals surface area (Å²) < 4.78 is 5.23. The van der Waals surface area contributed by atoms with Crippen molar-refractivity contribution in [2.75, 3.05) is 0 Å². The third-order valence-corrected chi connectivity index (χ3v) is 5.35. The number of carboxylic acids is 1. The van der Waals surface area contributed by atoms with E-state index in [2.05, 4.69) is 13.8 Å². The number of carbonyl (C=O) groups excluding carboxylic acids is 1. The lowest BCUT2D eigenvalue weighted by Gasteiger charge is -2.12. The van der Waals surface area contributed by atoms with Gasteiger partial charge in [-0.25, -0.2) is 4.79 Å². The summed E-state index contributed by atoms with van der Waals surface area (Å²) in [4.78, 5) is 23.0. The molecular weight excluding hydrogens is 380 g/mol. The van der Waals surface area contributed by atoms with Crippen molar-refractivity contribution < 1.29 is 24.5 Å². The molecule has 5 nitrogen and oxygen atoms in total. The Morgan fingerprint density at radius 1 is 0.767 bits per heavy atom. The first-order valence-corrected chi connectivity index (χ1v) is 12.3. The van der Waals surface area contributed by atoms with E-state index >= 15 is 0 Å². The smallest absolute Gasteiger partial charge is 0.331 e. The number of aliphatic carboxylic acids is 1. The van der Waals surface area contributed by atoms with Gasteiger partial charge in [0.25, 0.3) is 0 Å². The topological polar surface area (TPSA) is 83.8 Å². The molecule has 1 atom stereocenters. The number of esters is 1. The van der Waals surface area contributed by atoms with E-state index in [1.54, 1.807) is 0 Å². The lowest BCUT2D eigenvalue weighted by Crippen LogP contribution is -2.16. The van der Waals surface area contributed by atoms with Gasteiger partial charge in [0.05, 0.1) is 18.6 Å². The van der Waals surface area contributed by atoms with E-state index in [0.29, 0.717) is 12.8 Å². The number of ether oxygens (including phenoxy) is 1. The maximum atomic E-state index is 12.0. The third kappa shape index (κ3) is 19.9. The van der Waals surface area contributed by atoms with E-state index in [0.717, 1.165) is 51.0 Å². The molecule has 0 spiro atoms. The van der Waals surface area contributed by atoms with Crippen molar-refractivity contribution in [1.82, 2.24) is 0 Å². The average Bonchev–Trinajstić information content (AvgIpc) is 2.68. The zero-order chi connectivity index (χ0) is 22.5. The number of hydrogen-bond donors (Lipinski definition) is 2. The summed E-state index contributed by atoms with van der Waals surface area (Å²) in [6, 6.07) is 0. The summed E-state index contributed by atoms with van der Waals surface area (Å²) in [5, 5.41) is 19.0. The van der Waals surface area contributed by atoms with Crippen LogP contribution in [0, 0.1) is 0 Å². The van der Waals surface area contributed by atoms with Crippen LogP contribution in [-0.4, -0.2) is 28.3 Å². The largest absolute Gasteiger partial charge is 0.478 e. The van der Waals surface area contributed by atoms with Gasteiger partial charge in [-0.3, -0.25) is 4.79 Å². The fourth-order valence-electron chi connectivity index (χ4n) is 3.54. The summed E-state index contributed by atoms with van der Waals surface area (Å²) >= 11 is 0. The molecule has 0 aromatic rings. The molecule has 0 bridgehead atoms. The molecule has 5 heteroatoms. The van der Waals surface area contributed by atoms with Crippen molar-refractivity contribution in [3.63, 3.8) is 0 Å². The molecule has 0 saturated carbocycles. The molecule has 0 fully saturated rings. The fourth-order valence-corrected chi connectivity index (χ4v) is 3.54. The van der Waals surface area contributed by atoms with Crippen LogP contribution in [0.3, 0.4) is 0 Å². The molecule has 0 radical (unpaired) electrons. The Hall–Kier alpha value is -1.36. The number of aliphatic hydroxyl groups excluding tert-OH is 1. The van der Waals surface area contributed by atoms with Gasteiger partial charge in [0, 0.05) is 6.42 Å². The third-order valence-electron chi connectivity index (χ3n) is 5.35. The molecule has 0 amide bonds. The van der Waals surface area contributed by atoms with Gasteiger partial charge >= 0.3 is 11.9 Å². The van der Waals surface area contributed by atoms with E-state index in [9.17, 15) is 14.7 Å². The molecule has 0 heterocycles. The van der Waals surface area contributed by atoms with Gasteiger partial charge in [-0.15, -0.1) is 0 Å². The molecule has 0 rings (SSSR count). The Morgan fingerprint density at radius 2 is 1.23 bits per heavy atom. The highest BCUT2D eigenvalue weighted by atomic mass is 16.5. The van der Waals surface area contributed by atoms with Crippen LogP contribution < -0.4 is 0 Å². The van der Waals surface area contributed by atoms with Crippen LogP contribution in [0.5, 0.6) is 0 Å². The molecule has 0 aliphatic rings. The number of aliphatic hydroxyl groups is 1. The van der Waals surface area contributed by atoms with Gasteiger partial charge in [-0.05, 0) is 12.8 Å². The maximum Gasteiger partial charge on any atom is 0.331 e. The van der Waals surface area contributed by atoms with Crippen molar-refractivity contribution in [2.24, 2.45) is 0 Å². The number of rotatable bonds is 21. The van der Waals surface area contributed by atoms with Crippen molar-refractivity contribution >= 4 is 11.9 Å². The van der Waals surface area contributed by atoms with Gasteiger partial charge in [0.2, 0.25) is 0 Å². The van der Waals surface area contributed by atoms with Crippen LogP contribution in [0.15, 0.2) is 11.8 Å². The molecule has 1 unspecified atom stereocenters. The minimum Gasteiger partial charge on any atom is -0.478 e. The highest BCUT2D eigenvalue weighted by molar-refractivity contribution is 5.81. The molecule has 0 aromatic carbocycles. The fraction of sp³-hybridized carbons (Fsp3) is 0.840. The minimum atomic E-state index is -1.11. The predicted octanol–water partition coefficient (Wildman–Crippen LogP) is 6.92. The van der Waals surface area contributed by atoms with Crippen molar-refractivity contribution in [3.05, 3.63) is 11.8 Å². The van der Waals surface area contributed by atoms with Crippen LogP contribution in [0.1, 0.15) is 129 Å². The van der Waals surface area contributed by atoms with Crippen LogP contribution in [0.25, 0.3) is 0 Å². The first-order valence-electron chi connectivity index (χ1n) is 12.3. The van der Waals surface area contributed by atoms with E-state index in [4.69, 9.17) is 9.84 Å². The molecule has 30 heavy (non-hydrogen) atoms. The van der Waals surface area contributed by atoms with Gasteiger partial charge in [0.15, 0.2) is 0 Å². The van der Waals surface area contributed by atoms with Gasteiger partial charge in [0.1, 0.15) is 5.76 Å². The Bertz CT molecular complexity index is 458. The molecular formula is C25H46O5. The first-order chi connectivity index (χ1) is 14.5. The molecule has 0 aromatic heterocycles. The Morgan fingerprint density at radius 3 is 1.73 bits per heavy atom. The van der Waals surface area contributed by atoms with E-state index in [1.807, 2.05) is 0 Å². The van der Waals surface area contributed by atoms with Crippen molar-refractivity contribution in [2.45, 2.75) is 136 Å². The zero-order valence-electron chi connectivity index (χ0n) is 19.5. The van der Waals surface area contributed by atoms with Crippen LogP contribution in [0.2, 0.25) is 0 Å². The number of allylic oxidation sites excluding steroid dienone is 1. The van der Waals surface area contributed by atoms with Crippen LogP contribution in [0.4, 0.5) is 0 Å². The Balaban J connectivity index is 3.95. The number of carbonyl (C=O) groups is 2. The maximum absolute atomic E-state index is 12.0. The number of carboxylic acid groups (broad SMARTS) is 1. The van der Waals surface area contributed by atoms with Gasteiger partial charge < -0.3 is 14.9 Å². The summed E-state index contributed by atoms with van der Waals surface area (Å²) in [7, 11) is 0. The van der Waals surface area contributed by atoms with E-state index in [1.165, 1.54) is 51.4 Å². The highest BCUT2D eigenvalue weighted by Crippen LogP contribution is 2.16. The highest BCUT2D eigenvalue weighted by Gasteiger charge is 2.14. The Labute approximate surface area is 184 Å². The SMILES string of the molecule is CCCCCCCCCCCCCC(=CC(=O)O)OC(=O)CC(O)CCCCCC. The second-order valence-corrected chi connectivity index (χ2v) is 8.42. The van der Waals surface area contributed by atoms with Crippen molar-refractivity contribution in [1.29, 1.82) is 0 Å². The molecule has 0 aliphatic heterocycles. The summed E-state index contributed by atoms with van der Waals surface area (Å²) in [5.41, 5.74) is 0. The summed E-state index contributed by atoms with van der Waals surface area (Å²) in [5.74, 6) is -1.46. The minimum absolute atomic E-state index is 0.0820. The van der Waals surface area contributed by atoms with Gasteiger partial charge in [-0.1, -0.05) is 104 Å². The monoisotopic (exact) mass is 426 g/mol. The van der Waals surface area contributed by atoms with Crippen LogP contribution >= 0.6 is 0 Å². The zero-order valence-corrected chi connectivity index (χ0v) is 19.5. The molecule has 0 aliphatic carbocycles. The van der Waals surface area contributed by atoms with E-state index < -0.39 is 18.0 Å². The lowest BCUT2D eigenvalue weighted by atomic mass is 10.0. The van der Waals surface area contributed by atoms with Crippen molar-refractivity contribution in [3.8, 4) is 0 Å². The van der Waals surface area contributed by atoms with Gasteiger partial charge in [-0.2, -0.15) is 0 Å². The predicted molar refractivity (Wildman–Crippen MR) is 122 cm³/mol. The number of hydrogen-bond acceptors (Lipinski definition) is 4. The second kappa shape index (κ2) is 20.9. The first kappa shape index (κ1) is 28.6. The second-order valence-electron chi connectivity index (χ2n) is 8.42. The standard InChI is InChI=1S/C25H46O5/c1-3-5-7-9-10-11-12-13-14-15-17-19-23(21-24(27)28)30-25(29)20-22(26)18-16-8-6-4-2/h21-22,26H,3-20H2,1-2H3,(H,27,28). The molecule has 176 valence electrons. The average molecular weight is 427 g/mol. The summed E-state index contributed by atoms with van der Waals surface area (Å²) in [6.07, 6.45) is 18.7. The normalized spacial score (nSPS) is 12.7. The Kier molecular flexibility index (Phi) is 19.9. The van der Waals surface area contributed by atoms with E-state index in [-0.39, 0.29) is 12.2 Å².